The van der Waals surface area contributed by atoms with Crippen molar-refractivity contribution in [1.29, 1.82) is 5.26 Å². The third kappa shape index (κ3) is 4.77. The molecule has 3 rings (SSSR count). The molecule has 0 spiro atoms. The Labute approximate surface area is 177 Å². The number of nitrogens with one attached hydrogen (secondary N) is 2. The van der Waals surface area contributed by atoms with Gasteiger partial charge in [0.2, 0.25) is 5.91 Å². The van der Waals surface area contributed by atoms with Crippen LogP contribution in [0.5, 0.6) is 0 Å². The van der Waals surface area contributed by atoms with Crippen LogP contribution in [-0.2, 0) is 11.0 Å². The normalized spacial score (nSPS) is 21.2. The Morgan fingerprint density at radius 1 is 1.12 bits per heavy atom. The average Bonchev–Trinajstić information content (AvgIpc) is 3.15. The van der Waals surface area contributed by atoms with E-state index < -0.39 is 59.6 Å². The van der Waals surface area contributed by atoms with Gasteiger partial charge in [0.05, 0.1) is 28.9 Å². The molecular weight excluding hydrogens is 445 g/mol. The zero-order chi connectivity index (χ0) is 23.8. The number of rotatable bonds is 3. The number of nitrogens with zero attached hydrogens (tertiary/aromatic N) is 1. The van der Waals surface area contributed by atoms with Crippen LogP contribution in [0.1, 0.15) is 29.0 Å². The van der Waals surface area contributed by atoms with Gasteiger partial charge in [0, 0.05) is 11.6 Å². The molecular formula is C20H15F7N4O. The van der Waals surface area contributed by atoms with Gasteiger partial charge < -0.3 is 11.1 Å². The molecule has 2 aromatic rings. The van der Waals surface area contributed by atoms with Crippen molar-refractivity contribution in [3.63, 3.8) is 0 Å². The molecule has 12 heteroatoms. The predicted molar refractivity (Wildman–Crippen MR) is 99.7 cm³/mol. The smallest absolute Gasteiger partial charge is 0.399 e. The van der Waals surface area contributed by atoms with E-state index in [4.69, 9.17) is 11.0 Å². The van der Waals surface area contributed by atoms with Crippen LogP contribution < -0.4 is 16.4 Å². The van der Waals surface area contributed by atoms with Crippen LogP contribution in [0.4, 0.5) is 42.1 Å². The topological polar surface area (TPSA) is 90.9 Å². The molecule has 3 atom stereocenters. The number of carbonyl (C=O) groups excluding carboxylic acids is 1. The van der Waals surface area contributed by atoms with Crippen molar-refractivity contribution >= 4 is 17.3 Å². The maximum absolute atomic E-state index is 13.9. The first-order valence-corrected chi connectivity index (χ1v) is 9.11. The minimum absolute atomic E-state index is 0.0676. The van der Waals surface area contributed by atoms with Crippen molar-refractivity contribution in [2.24, 2.45) is 0 Å². The number of anilines is 2. The van der Waals surface area contributed by atoms with E-state index in [1.165, 1.54) is 12.1 Å². The van der Waals surface area contributed by atoms with Gasteiger partial charge in [0.1, 0.15) is 11.9 Å². The van der Waals surface area contributed by atoms with Crippen molar-refractivity contribution < 1.29 is 35.5 Å². The molecule has 0 aliphatic carbocycles. The summed E-state index contributed by atoms with van der Waals surface area (Å²) in [5, 5.41) is 13.1. The molecule has 1 saturated heterocycles. The molecule has 0 bridgehead atoms. The van der Waals surface area contributed by atoms with Crippen LogP contribution in [0.3, 0.4) is 0 Å². The summed E-state index contributed by atoms with van der Waals surface area (Å²) < 4.78 is 94.5. The summed E-state index contributed by atoms with van der Waals surface area (Å²) in [6.07, 6.45) is -10.3. The fraction of sp³-hybridized carbons (Fsp3) is 0.300. The van der Waals surface area contributed by atoms with Gasteiger partial charge in [-0.3, -0.25) is 10.1 Å². The second-order valence-corrected chi connectivity index (χ2v) is 7.22. The number of nitriles is 1. The first kappa shape index (κ1) is 23.3. The third-order valence-electron chi connectivity index (χ3n) is 5.09. The highest BCUT2D eigenvalue weighted by molar-refractivity contribution is 5.95. The zero-order valence-electron chi connectivity index (χ0n) is 16.0. The average molecular weight is 460 g/mol. The standard InChI is InChI=1S/C20H15F7N4O/c21-14-6-11(29)3-4-15(14)31-18(32)16-7-12(17(30-16)20(25,26)27)9-1-2-10(8-28)13(5-9)19(22,23)24/h1-6,12,16-17,30H,7,29H2,(H,31,32)/t12?,16-,17+/m0/s1. The van der Waals surface area contributed by atoms with Crippen molar-refractivity contribution in [2.75, 3.05) is 11.1 Å². The molecule has 1 heterocycles. The molecule has 32 heavy (non-hydrogen) atoms. The Hall–Kier alpha value is -3.33. The molecule has 1 aliphatic rings. The Morgan fingerprint density at radius 2 is 1.81 bits per heavy atom. The summed E-state index contributed by atoms with van der Waals surface area (Å²) in [5.74, 6) is -3.44. The predicted octanol–water partition coefficient (Wildman–Crippen LogP) is 4.31. The van der Waals surface area contributed by atoms with E-state index in [1.54, 1.807) is 0 Å². The van der Waals surface area contributed by atoms with Gasteiger partial charge in [-0.25, -0.2) is 4.39 Å². The Kier molecular flexibility index (Phi) is 6.06. The van der Waals surface area contributed by atoms with E-state index in [9.17, 15) is 35.5 Å². The second kappa shape index (κ2) is 8.31. The van der Waals surface area contributed by atoms with Gasteiger partial charge >= 0.3 is 12.4 Å². The maximum Gasteiger partial charge on any atom is 0.417 e. The minimum atomic E-state index is -4.95. The van der Waals surface area contributed by atoms with Crippen LogP contribution in [0, 0.1) is 17.1 Å². The molecule has 0 radical (unpaired) electrons. The van der Waals surface area contributed by atoms with Crippen molar-refractivity contribution in [2.45, 2.75) is 36.8 Å². The summed E-state index contributed by atoms with van der Waals surface area (Å²) in [6, 6.07) is 3.16. The molecule has 2 aromatic carbocycles. The number of alkyl halides is 6. The van der Waals surface area contributed by atoms with E-state index >= 15 is 0 Å². The second-order valence-electron chi connectivity index (χ2n) is 7.22. The van der Waals surface area contributed by atoms with E-state index in [2.05, 4.69) is 10.6 Å². The third-order valence-corrected chi connectivity index (χ3v) is 5.09. The quantitative estimate of drug-likeness (QED) is 0.470. The molecule has 1 fully saturated rings. The first-order chi connectivity index (χ1) is 14.8. The van der Waals surface area contributed by atoms with Crippen LogP contribution in [0.25, 0.3) is 0 Å². The lowest BCUT2D eigenvalue weighted by Gasteiger charge is -2.23. The summed E-state index contributed by atoms with van der Waals surface area (Å²) in [7, 11) is 0. The van der Waals surface area contributed by atoms with Crippen LogP contribution in [0.2, 0.25) is 0 Å². The Morgan fingerprint density at radius 3 is 2.38 bits per heavy atom. The van der Waals surface area contributed by atoms with E-state index in [-0.39, 0.29) is 16.9 Å². The van der Waals surface area contributed by atoms with Crippen LogP contribution in [0.15, 0.2) is 36.4 Å². The number of hydrogen-bond acceptors (Lipinski definition) is 4. The first-order valence-electron chi connectivity index (χ1n) is 9.11. The maximum atomic E-state index is 13.9. The lowest BCUT2D eigenvalue weighted by Crippen LogP contribution is -2.46. The number of hydrogen-bond donors (Lipinski definition) is 3. The Bertz CT molecular complexity index is 1080. The van der Waals surface area contributed by atoms with Gasteiger partial charge in [-0.05, 0) is 42.3 Å². The van der Waals surface area contributed by atoms with Crippen molar-refractivity contribution in [3.8, 4) is 6.07 Å². The number of nitrogen functional groups attached to an aromatic ring is 1. The highest BCUT2D eigenvalue weighted by Crippen LogP contribution is 2.42. The number of nitrogens with two attached hydrogens (primary N) is 1. The lowest BCUT2D eigenvalue weighted by molar-refractivity contribution is -0.156. The van der Waals surface area contributed by atoms with Crippen molar-refractivity contribution in [1.82, 2.24) is 5.32 Å². The Balaban J connectivity index is 1.91. The largest absolute Gasteiger partial charge is 0.417 e. The molecule has 4 N–H and O–H groups in total. The number of halogens is 7. The summed E-state index contributed by atoms with van der Waals surface area (Å²) in [5.41, 5.74) is 2.73. The SMILES string of the molecule is N#Cc1ccc(C2C[C@@H](C(=O)Nc3ccc(N)cc3F)N[C@H]2C(F)(F)F)cc1C(F)(F)F. The summed E-state index contributed by atoms with van der Waals surface area (Å²) in [4.78, 5) is 12.5. The van der Waals surface area contributed by atoms with Gasteiger partial charge in [0.25, 0.3) is 0 Å². The fourth-order valence-corrected chi connectivity index (χ4v) is 3.60. The molecule has 170 valence electrons. The van der Waals surface area contributed by atoms with Crippen LogP contribution >= 0.6 is 0 Å². The van der Waals surface area contributed by atoms with Gasteiger partial charge in [-0.1, -0.05) is 6.07 Å². The molecule has 1 unspecified atom stereocenters. The summed E-state index contributed by atoms with van der Waals surface area (Å²) in [6.45, 7) is 0. The van der Waals surface area contributed by atoms with E-state index in [0.29, 0.717) is 6.07 Å². The van der Waals surface area contributed by atoms with E-state index in [1.807, 2.05) is 0 Å². The molecule has 0 aromatic heterocycles. The zero-order valence-corrected chi connectivity index (χ0v) is 16.0. The number of amides is 1. The monoisotopic (exact) mass is 460 g/mol. The molecule has 1 amide bonds. The van der Waals surface area contributed by atoms with Gasteiger partial charge in [-0.15, -0.1) is 0 Å². The molecule has 1 aliphatic heterocycles. The minimum Gasteiger partial charge on any atom is -0.399 e. The van der Waals surface area contributed by atoms with Gasteiger partial charge in [0.15, 0.2) is 0 Å². The van der Waals surface area contributed by atoms with Crippen molar-refractivity contribution in [3.05, 3.63) is 58.9 Å². The lowest BCUT2D eigenvalue weighted by atomic mass is 9.88. The fourth-order valence-electron chi connectivity index (χ4n) is 3.60. The molecule has 0 saturated carbocycles. The van der Waals surface area contributed by atoms with Crippen LogP contribution in [-0.4, -0.2) is 24.2 Å². The molecule has 5 nitrogen and oxygen atoms in total. The highest BCUT2D eigenvalue weighted by Gasteiger charge is 2.52. The van der Waals surface area contributed by atoms with E-state index in [0.717, 1.165) is 24.3 Å². The number of benzene rings is 2. The van der Waals surface area contributed by atoms with Gasteiger partial charge in [-0.2, -0.15) is 31.6 Å². The highest BCUT2D eigenvalue weighted by atomic mass is 19.4. The number of carbonyl (C=O) groups is 1. The summed E-state index contributed by atoms with van der Waals surface area (Å²) >= 11 is 0.